The van der Waals surface area contributed by atoms with Gasteiger partial charge in [0.25, 0.3) is 0 Å². The summed E-state index contributed by atoms with van der Waals surface area (Å²) in [6.07, 6.45) is 0. The van der Waals surface area contributed by atoms with Gasteiger partial charge in [-0.15, -0.1) is 0 Å². The molecule has 0 saturated carbocycles. The highest BCUT2D eigenvalue weighted by molar-refractivity contribution is 6.90. The number of rotatable bonds is 6. The van der Waals surface area contributed by atoms with Crippen LogP contribution in [0.3, 0.4) is 0 Å². The van der Waals surface area contributed by atoms with Gasteiger partial charge in [-0.25, -0.2) is 0 Å². The summed E-state index contributed by atoms with van der Waals surface area (Å²) in [4.78, 5) is 5.00. The molecule has 312 valence electrons. The Bertz CT molecular complexity index is 3640. The van der Waals surface area contributed by atoms with Crippen LogP contribution < -0.4 is 20.7 Å². The van der Waals surface area contributed by atoms with Crippen molar-refractivity contribution < 1.29 is 0 Å². The first-order valence-corrected chi connectivity index (χ1v) is 23.1. The fourth-order valence-corrected chi connectivity index (χ4v) is 11.0. The standard InChI is InChI=1S/C62H46BN3/c1-62(2,3)45-32-35-56(53(39-45)42-21-10-5-11-22-42)65-57-36-33-48(64(46-24-12-6-13-25-46)47-26-14-7-15-27-47)40-55(57)63-59-54(37-44(38-58(59)65)41-19-8-4-9-20-41)51-30-18-29-50-52-34-31-43-23-16-17-28-49(43)60(52)66(63)61(50)51/h4-40H,1-3H3. The second-order valence-corrected chi connectivity index (χ2v) is 18.9. The number of para-hydroxylation sites is 3. The number of hydrogen-bond acceptors (Lipinski definition) is 2. The van der Waals surface area contributed by atoms with Crippen molar-refractivity contribution in [3.05, 3.63) is 230 Å². The van der Waals surface area contributed by atoms with Gasteiger partial charge in [0.15, 0.2) is 0 Å². The first kappa shape index (κ1) is 38.4. The van der Waals surface area contributed by atoms with Crippen molar-refractivity contribution in [2.45, 2.75) is 26.2 Å². The maximum atomic E-state index is 2.71. The molecule has 0 atom stereocenters. The van der Waals surface area contributed by atoms with Crippen LogP contribution in [0.15, 0.2) is 224 Å². The van der Waals surface area contributed by atoms with Crippen LogP contribution >= 0.6 is 0 Å². The van der Waals surface area contributed by atoms with Crippen molar-refractivity contribution in [1.82, 2.24) is 4.48 Å². The predicted molar refractivity (Wildman–Crippen MR) is 282 cm³/mol. The number of fused-ring (bicyclic) bond motifs is 9. The normalized spacial score (nSPS) is 12.7. The molecule has 0 spiro atoms. The highest BCUT2D eigenvalue weighted by atomic mass is 15.2. The Morgan fingerprint density at radius 2 is 1.02 bits per heavy atom. The van der Waals surface area contributed by atoms with E-state index >= 15 is 0 Å². The van der Waals surface area contributed by atoms with Crippen LogP contribution in [0.4, 0.5) is 34.1 Å². The van der Waals surface area contributed by atoms with Gasteiger partial charge >= 0.3 is 6.85 Å². The highest BCUT2D eigenvalue weighted by Gasteiger charge is 2.44. The Morgan fingerprint density at radius 3 is 1.73 bits per heavy atom. The Kier molecular flexibility index (Phi) is 8.57. The minimum absolute atomic E-state index is 0.0417. The zero-order valence-corrected chi connectivity index (χ0v) is 37.3. The lowest BCUT2D eigenvalue weighted by molar-refractivity contribution is 0.590. The Morgan fingerprint density at radius 1 is 0.394 bits per heavy atom. The molecule has 2 aliphatic heterocycles. The summed E-state index contributed by atoms with van der Waals surface area (Å²) in [5.41, 5.74) is 20.6. The third-order valence-electron chi connectivity index (χ3n) is 14.1. The fraction of sp³-hybridized carbons (Fsp3) is 0.0645. The smallest absolute Gasteiger partial charge is 0.333 e. The van der Waals surface area contributed by atoms with Crippen molar-refractivity contribution in [1.29, 1.82) is 0 Å². The molecular formula is C62H46BN3. The van der Waals surface area contributed by atoms with Crippen LogP contribution in [0.5, 0.6) is 0 Å². The van der Waals surface area contributed by atoms with E-state index < -0.39 is 0 Å². The van der Waals surface area contributed by atoms with Crippen molar-refractivity contribution >= 4 is 84.5 Å². The van der Waals surface area contributed by atoms with Crippen molar-refractivity contribution in [3.8, 4) is 33.4 Å². The minimum Gasteiger partial charge on any atom is -0.375 e. The maximum absolute atomic E-state index is 2.71. The van der Waals surface area contributed by atoms with Crippen LogP contribution in [0, 0.1) is 0 Å². The average Bonchev–Trinajstić information content (AvgIpc) is 3.71. The molecule has 3 nitrogen and oxygen atoms in total. The van der Waals surface area contributed by atoms with E-state index in [0.717, 1.165) is 22.7 Å². The molecule has 13 rings (SSSR count). The average molecular weight is 844 g/mol. The van der Waals surface area contributed by atoms with Gasteiger partial charge < -0.3 is 14.3 Å². The van der Waals surface area contributed by atoms with Gasteiger partial charge in [-0.1, -0.05) is 178 Å². The summed E-state index contributed by atoms with van der Waals surface area (Å²) in [5, 5.41) is 5.07. The van der Waals surface area contributed by atoms with Gasteiger partial charge in [0, 0.05) is 66.8 Å². The molecule has 0 bridgehead atoms. The lowest BCUT2D eigenvalue weighted by Gasteiger charge is -2.42. The molecular weight excluding hydrogens is 798 g/mol. The largest absolute Gasteiger partial charge is 0.375 e. The van der Waals surface area contributed by atoms with Crippen LogP contribution in [0.25, 0.3) is 66.0 Å². The van der Waals surface area contributed by atoms with Crippen molar-refractivity contribution in [2.24, 2.45) is 0 Å². The highest BCUT2D eigenvalue weighted by Crippen LogP contribution is 2.50. The Balaban J connectivity index is 1.20. The molecule has 0 aliphatic carbocycles. The van der Waals surface area contributed by atoms with Crippen molar-refractivity contribution in [2.75, 3.05) is 9.80 Å². The van der Waals surface area contributed by atoms with E-state index in [0.29, 0.717) is 0 Å². The molecule has 2 aliphatic rings. The topological polar surface area (TPSA) is 11.4 Å². The van der Waals surface area contributed by atoms with E-state index in [1.165, 1.54) is 93.8 Å². The van der Waals surface area contributed by atoms with Gasteiger partial charge in [0.1, 0.15) is 0 Å². The Labute approximate surface area is 386 Å². The van der Waals surface area contributed by atoms with Crippen molar-refractivity contribution in [3.63, 3.8) is 0 Å². The quantitative estimate of drug-likeness (QED) is 0.155. The molecule has 3 heterocycles. The lowest BCUT2D eigenvalue weighted by atomic mass is 9.45. The molecule has 0 amide bonds. The van der Waals surface area contributed by atoms with Gasteiger partial charge in [-0.3, -0.25) is 0 Å². The van der Waals surface area contributed by atoms with Gasteiger partial charge in [-0.2, -0.15) is 0 Å². The molecule has 66 heavy (non-hydrogen) atoms. The van der Waals surface area contributed by atoms with Gasteiger partial charge in [-0.05, 0) is 116 Å². The summed E-state index contributed by atoms with van der Waals surface area (Å²) in [7, 11) is 0. The summed E-state index contributed by atoms with van der Waals surface area (Å²) < 4.78 is 2.71. The van der Waals surface area contributed by atoms with E-state index in [1.54, 1.807) is 0 Å². The maximum Gasteiger partial charge on any atom is 0.333 e. The lowest BCUT2D eigenvalue weighted by Crippen LogP contribution is -2.56. The Hall–Kier alpha value is -8.08. The van der Waals surface area contributed by atoms with Crippen LogP contribution in [-0.4, -0.2) is 11.3 Å². The molecule has 0 radical (unpaired) electrons. The predicted octanol–water partition coefficient (Wildman–Crippen LogP) is 15.5. The molecule has 10 aromatic carbocycles. The van der Waals surface area contributed by atoms with E-state index in [4.69, 9.17) is 0 Å². The summed E-state index contributed by atoms with van der Waals surface area (Å²) in [5.74, 6) is 0. The molecule has 0 saturated heterocycles. The fourth-order valence-electron chi connectivity index (χ4n) is 11.0. The van der Waals surface area contributed by atoms with E-state index in [-0.39, 0.29) is 12.3 Å². The molecule has 11 aromatic rings. The van der Waals surface area contributed by atoms with Crippen LogP contribution in [0.1, 0.15) is 26.3 Å². The third-order valence-corrected chi connectivity index (χ3v) is 14.1. The summed E-state index contributed by atoms with van der Waals surface area (Å²) in [6, 6.07) is 83.4. The zero-order valence-electron chi connectivity index (χ0n) is 37.3. The second kappa shape index (κ2) is 14.7. The van der Waals surface area contributed by atoms with Crippen LogP contribution in [0.2, 0.25) is 0 Å². The zero-order chi connectivity index (χ0) is 44.1. The molecule has 1 aromatic heterocycles. The first-order valence-electron chi connectivity index (χ1n) is 23.1. The first-order chi connectivity index (χ1) is 32.4. The van der Waals surface area contributed by atoms with E-state index in [1.807, 2.05) is 0 Å². The second-order valence-electron chi connectivity index (χ2n) is 18.9. The third kappa shape index (κ3) is 5.84. The molecule has 0 unspecified atom stereocenters. The number of benzene rings is 10. The van der Waals surface area contributed by atoms with E-state index in [2.05, 4.69) is 260 Å². The minimum atomic E-state index is -0.144. The van der Waals surface area contributed by atoms with E-state index in [9.17, 15) is 0 Å². The van der Waals surface area contributed by atoms with Gasteiger partial charge in [0.05, 0.1) is 5.69 Å². The summed E-state index contributed by atoms with van der Waals surface area (Å²) >= 11 is 0. The monoisotopic (exact) mass is 843 g/mol. The number of aromatic nitrogens is 1. The number of anilines is 6. The summed E-state index contributed by atoms with van der Waals surface area (Å²) in [6.45, 7) is 6.79. The number of hydrogen-bond donors (Lipinski definition) is 0. The van der Waals surface area contributed by atoms with Crippen LogP contribution in [-0.2, 0) is 5.41 Å². The molecule has 0 fully saturated rings. The molecule has 0 N–H and O–H groups in total. The SMILES string of the molecule is CC(C)(C)c1ccc(N2c3ccc(N(c4ccccc4)c4ccccc4)cc3B3c4c(cc(-c5ccccc5)cc42)-c2cccc4c5ccc6ccccc6c5n3c24)c(-c2ccccc2)c1. The van der Waals surface area contributed by atoms with Gasteiger partial charge in [0.2, 0.25) is 0 Å². The number of nitrogens with zero attached hydrogens (tertiary/aromatic N) is 3. The molecule has 4 heteroatoms.